The van der Waals surface area contributed by atoms with E-state index in [2.05, 4.69) is 5.32 Å². The van der Waals surface area contributed by atoms with Crippen LogP contribution in [0.2, 0.25) is 0 Å². The van der Waals surface area contributed by atoms with Gasteiger partial charge in [0.05, 0.1) is 19.1 Å². The standard InChI is InChI=1S/C18H21F2NO3/c19-12-3-4-13(15(20)10-12)17(6-7-17)11-21-16(22)14-2-1-5-18(14)23-8-9-24-18/h3-4,10,14H,1-2,5-9,11H2,(H,21,22)/t14-/m1/s1. The van der Waals surface area contributed by atoms with Crippen molar-refractivity contribution in [3.8, 4) is 0 Å². The number of ether oxygens (including phenoxy) is 2. The van der Waals surface area contributed by atoms with Crippen LogP contribution in [0.5, 0.6) is 0 Å². The average molecular weight is 337 g/mol. The molecule has 4 rings (SSSR count). The third-order valence-corrected chi connectivity index (χ3v) is 5.60. The van der Waals surface area contributed by atoms with E-state index in [1.807, 2.05) is 0 Å². The van der Waals surface area contributed by atoms with Gasteiger partial charge in [0.2, 0.25) is 5.91 Å². The Bertz CT molecular complexity index is 648. The molecular formula is C18H21F2NO3. The van der Waals surface area contributed by atoms with Crippen LogP contribution in [0.1, 0.15) is 37.7 Å². The lowest BCUT2D eigenvalue weighted by molar-refractivity contribution is -0.186. The van der Waals surface area contributed by atoms with Gasteiger partial charge in [0.15, 0.2) is 5.79 Å². The number of nitrogens with one attached hydrogen (secondary N) is 1. The summed E-state index contributed by atoms with van der Waals surface area (Å²) >= 11 is 0. The van der Waals surface area contributed by atoms with Crippen LogP contribution in [-0.4, -0.2) is 31.5 Å². The minimum absolute atomic E-state index is 0.0943. The number of benzene rings is 1. The summed E-state index contributed by atoms with van der Waals surface area (Å²) in [7, 11) is 0. The van der Waals surface area contributed by atoms with E-state index < -0.39 is 22.8 Å². The van der Waals surface area contributed by atoms with Gasteiger partial charge >= 0.3 is 0 Å². The highest BCUT2D eigenvalue weighted by atomic mass is 19.1. The topological polar surface area (TPSA) is 47.6 Å². The minimum atomic E-state index is -0.762. The fourth-order valence-corrected chi connectivity index (χ4v) is 4.08. The van der Waals surface area contributed by atoms with Gasteiger partial charge in [0.25, 0.3) is 0 Å². The number of halogens is 2. The van der Waals surface area contributed by atoms with Gasteiger partial charge in [-0.15, -0.1) is 0 Å². The zero-order valence-electron chi connectivity index (χ0n) is 13.4. The first-order valence-corrected chi connectivity index (χ1v) is 8.56. The highest BCUT2D eigenvalue weighted by Gasteiger charge is 2.52. The van der Waals surface area contributed by atoms with Gasteiger partial charge in [0.1, 0.15) is 11.6 Å². The van der Waals surface area contributed by atoms with Gasteiger partial charge in [-0.3, -0.25) is 4.79 Å². The van der Waals surface area contributed by atoms with E-state index in [4.69, 9.17) is 9.47 Å². The van der Waals surface area contributed by atoms with E-state index >= 15 is 0 Å². The fraction of sp³-hybridized carbons (Fsp3) is 0.611. The normalized spacial score (nSPS) is 26.7. The Kier molecular flexibility index (Phi) is 3.84. The molecule has 2 aliphatic carbocycles. The van der Waals surface area contributed by atoms with Crippen molar-refractivity contribution in [3.05, 3.63) is 35.4 Å². The van der Waals surface area contributed by atoms with Crippen LogP contribution in [0.3, 0.4) is 0 Å². The molecule has 1 N–H and O–H groups in total. The zero-order chi connectivity index (χ0) is 16.8. The number of rotatable bonds is 4. The minimum Gasteiger partial charge on any atom is -0.355 e. The molecule has 1 aliphatic heterocycles. The highest BCUT2D eigenvalue weighted by Crippen LogP contribution is 2.49. The summed E-state index contributed by atoms with van der Waals surface area (Å²) in [6, 6.07) is 3.67. The molecule has 1 saturated heterocycles. The van der Waals surface area contributed by atoms with Crippen molar-refractivity contribution in [1.82, 2.24) is 5.32 Å². The Morgan fingerprint density at radius 3 is 2.62 bits per heavy atom. The monoisotopic (exact) mass is 337 g/mol. The fourth-order valence-electron chi connectivity index (χ4n) is 4.08. The van der Waals surface area contributed by atoms with Crippen LogP contribution in [0, 0.1) is 17.6 Å². The quantitative estimate of drug-likeness (QED) is 0.919. The lowest BCUT2D eigenvalue weighted by atomic mass is 9.94. The summed E-state index contributed by atoms with van der Waals surface area (Å²) in [5, 5.41) is 2.96. The van der Waals surface area contributed by atoms with Gasteiger partial charge in [0, 0.05) is 24.4 Å². The van der Waals surface area contributed by atoms with E-state index in [1.54, 1.807) is 0 Å². The third kappa shape index (κ3) is 2.62. The molecule has 1 aromatic carbocycles. The van der Waals surface area contributed by atoms with E-state index in [1.165, 1.54) is 12.1 Å². The number of amides is 1. The van der Waals surface area contributed by atoms with Crippen molar-refractivity contribution < 1.29 is 23.0 Å². The zero-order valence-corrected chi connectivity index (χ0v) is 13.4. The molecule has 1 atom stereocenters. The molecule has 4 nitrogen and oxygen atoms in total. The van der Waals surface area contributed by atoms with Gasteiger partial charge in [-0.05, 0) is 37.3 Å². The molecule has 0 radical (unpaired) electrons. The lowest BCUT2D eigenvalue weighted by Crippen LogP contribution is -2.46. The Balaban J connectivity index is 1.44. The summed E-state index contributed by atoms with van der Waals surface area (Å²) in [5.41, 5.74) is 0.0788. The molecule has 3 fully saturated rings. The first-order chi connectivity index (χ1) is 11.5. The molecule has 1 aromatic rings. The van der Waals surface area contributed by atoms with Crippen LogP contribution in [0.25, 0.3) is 0 Å². The van der Waals surface area contributed by atoms with Crippen molar-refractivity contribution >= 4 is 5.91 Å². The maximum atomic E-state index is 14.1. The van der Waals surface area contributed by atoms with Crippen molar-refractivity contribution in [2.24, 2.45) is 5.92 Å². The predicted octanol–water partition coefficient (Wildman–Crippen LogP) is 2.66. The second kappa shape index (κ2) is 5.77. The van der Waals surface area contributed by atoms with Gasteiger partial charge in [-0.1, -0.05) is 6.07 Å². The lowest BCUT2D eigenvalue weighted by Gasteiger charge is -2.29. The Labute approximate surface area is 139 Å². The molecule has 0 bridgehead atoms. The SMILES string of the molecule is O=C(NCC1(c2ccc(F)cc2F)CC1)[C@H]1CCCC12OCCO2. The number of carbonyl (C=O) groups is 1. The van der Waals surface area contributed by atoms with Crippen LogP contribution in [0.15, 0.2) is 18.2 Å². The molecule has 24 heavy (non-hydrogen) atoms. The summed E-state index contributed by atoms with van der Waals surface area (Å²) in [6.45, 7) is 1.41. The van der Waals surface area contributed by atoms with Crippen molar-refractivity contribution in [1.29, 1.82) is 0 Å². The average Bonchev–Trinajstić information content (AvgIpc) is 3.01. The molecule has 0 unspecified atom stereocenters. The Morgan fingerprint density at radius 2 is 1.96 bits per heavy atom. The van der Waals surface area contributed by atoms with Crippen molar-refractivity contribution in [2.45, 2.75) is 43.3 Å². The Morgan fingerprint density at radius 1 is 1.21 bits per heavy atom. The van der Waals surface area contributed by atoms with Gasteiger partial charge in [-0.2, -0.15) is 0 Å². The second-order valence-corrected chi connectivity index (χ2v) is 7.08. The number of hydrogen-bond donors (Lipinski definition) is 1. The summed E-state index contributed by atoms with van der Waals surface area (Å²) in [5.74, 6) is -2.29. The molecule has 0 aromatic heterocycles. The molecule has 1 amide bonds. The molecule has 3 aliphatic rings. The smallest absolute Gasteiger partial charge is 0.228 e. The largest absolute Gasteiger partial charge is 0.355 e. The molecular weight excluding hydrogens is 316 g/mol. The van der Waals surface area contributed by atoms with E-state index in [9.17, 15) is 13.6 Å². The molecule has 1 spiro atoms. The third-order valence-electron chi connectivity index (χ3n) is 5.60. The maximum Gasteiger partial charge on any atom is 0.228 e. The summed E-state index contributed by atoms with van der Waals surface area (Å²) in [6.07, 6.45) is 3.96. The van der Waals surface area contributed by atoms with Crippen LogP contribution in [0.4, 0.5) is 8.78 Å². The van der Waals surface area contributed by atoms with E-state index in [0.29, 0.717) is 25.3 Å². The molecule has 2 saturated carbocycles. The van der Waals surface area contributed by atoms with Gasteiger partial charge < -0.3 is 14.8 Å². The predicted molar refractivity (Wildman–Crippen MR) is 82.3 cm³/mol. The number of hydrogen-bond acceptors (Lipinski definition) is 3. The number of carbonyl (C=O) groups excluding carboxylic acids is 1. The summed E-state index contributed by atoms with van der Waals surface area (Å²) in [4.78, 5) is 12.6. The van der Waals surface area contributed by atoms with Crippen LogP contribution < -0.4 is 5.32 Å². The van der Waals surface area contributed by atoms with Gasteiger partial charge in [-0.25, -0.2) is 8.78 Å². The van der Waals surface area contributed by atoms with E-state index in [-0.39, 0.29) is 11.8 Å². The molecule has 130 valence electrons. The second-order valence-electron chi connectivity index (χ2n) is 7.08. The Hall–Kier alpha value is -1.53. The van der Waals surface area contributed by atoms with Crippen LogP contribution >= 0.6 is 0 Å². The highest BCUT2D eigenvalue weighted by molar-refractivity contribution is 5.80. The van der Waals surface area contributed by atoms with Crippen molar-refractivity contribution in [3.63, 3.8) is 0 Å². The first kappa shape index (κ1) is 16.0. The van der Waals surface area contributed by atoms with E-state index in [0.717, 1.165) is 38.2 Å². The van der Waals surface area contributed by atoms with Crippen LogP contribution in [-0.2, 0) is 19.7 Å². The van der Waals surface area contributed by atoms with Crippen molar-refractivity contribution in [2.75, 3.05) is 19.8 Å². The first-order valence-electron chi connectivity index (χ1n) is 8.56. The maximum absolute atomic E-state index is 14.1. The molecule has 6 heteroatoms. The summed E-state index contributed by atoms with van der Waals surface area (Å²) < 4.78 is 38.6. The molecule has 1 heterocycles.